The van der Waals surface area contributed by atoms with E-state index in [1.165, 1.54) is 0 Å². The molecule has 2 rings (SSSR count). The predicted octanol–water partition coefficient (Wildman–Crippen LogP) is -0.688. The molecule has 3 atom stereocenters. The molecular formula is C11H17NO6S. The van der Waals surface area contributed by atoms with Crippen LogP contribution in [0.1, 0.15) is 25.7 Å². The number of sulfone groups is 1. The molecule has 2 fully saturated rings. The topological polar surface area (TPSA) is 110 Å². The minimum Gasteiger partial charge on any atom is -0.479 e. The Bertz CT molecular complexity index is 474. The SMILES string of the molecule is O=C(O)C1CCC(C(=O)NC2CCCS(=O)(=O)C2)O1. The highest BCUT2D eigenvalue weighted by Crippen LogP contribution is 2.21. The molecule has 2 N–H and O–H groups in total. The molecule has 2 aliphatic heterocycles. The number of rotatable bonds is 3. The summed E-state index contributed by atoms with van der Waals surface area (Å²) in [5.74, 6) is -1.37. The summed E-state index contributed by atoms with van der Waals surface area (Å²) in [6, 6.07) is -0.390. The smallest absolute Gasteiger partial charge is 0.332 e. The van der Waals surface area contributed by atoms with Crippen molar-refractivity contribution in [3.05, 3.63) is 0 Å². The first-order valence-electron chi connectivity index (χ1n) is 6.26. The number of carboxylic acid groups (broad SMARTS) is 1. The fraction of sp³-hybridized carbons (Fsp3) is 0.818. The molecule has 1 amide bonds. The van der Waals surface area contributed by atoms with E-state index in [4.69, 9.17) is 9.84 Å². The van der Waals surface area contributed by atoms with E-state index in [2.05, 4.69) is 5.32 Å². The number of nitrogens with one attached hydrogen (secondary N) is 1. The summed E-state index contributed by atoms with van der Waals surface area (Å²) in [7, 11) is -3.07. The van der Waals surface area contributed by atoms with Gasteiger partial charge in [0.2, 0.25) is 5.91 Å². The molecule has 0 aliphatic carbocycles. The third kappa shape index (κ3) is 3.66. The molecule has 2 aliphatic rings. The molecule has 0 aromatic heterocycles. The summed E-state index contributed by atoms with van der Waals surface area (Å²) in [6.07, 6.45) is 0.0893. The van der Waals surface area contributed by atoms with Crippen molar-refractivity contribution in [2.75, 3.05) is 11.5 Å². The van der Waals surface area contributed by atoms with Crippen LogP contribution in [0, 0.1) is 0 Å². The highest BCUT2D eigenvalue weighted by atomic mass is 32.2. The van der Waals surface area contributed by atoms with Crippen molar-refractivity contribution in [2.24, 2.45) is 0 Å². The molecule has 8 heteroatoms. The van der Waals surface area contributed by atoms with E-state index < -0.39 is 40.0 Å². The Morgan fingerprint density at radius 1 is 1.16 bits per heavy atom. The number of carbonyl (C=O) groups excluding carboxylic acids is 1. The largest absolute Gasteiger partial charge is 0.479 e. The van der Waals surface area contributed by atoms with Gasteiger partial charge in [-0.15, -0.1) is 0 Å². The van der Waals surface area contributed by atoms with Gasteiger partial charge < -0.3 is 15.2 Å². The van der Waals surface area contributed by atoms with E-state index in [1.54, 1.807) is 0 Å². The summed E-state index contributed by atoms with van der Waals surface area (Å²) in [4.78, 5) is 22.6. The zero-order valence-corrected chi connectivity index (χ0v) is 11.2. The lowest BCUT2D eigenvalue weighted by Crippen LogP contribution is -2.47. The highest BCUT2D eigenvalue weighted by Gasteiger charge is 2.36. The van der Waals surface area contributed by atoms with Crippen LogP contribution in [0.15, 0.2) is 0 Å². The first-order valence-corrected chi connectivity index (χ1v) is 8.08. The van der Waals surface area contributed by atoms with Gasteiger partial charge in [-0.1, -0.05) is 0 Å². The molecule has 108 valence electrons. The van der Waals surface area contributed by atoms with E-state index in [1.807, 2.05) is 0 Å². The van der Waals surface area contributed by atoms with Gasteiger partial charge in [0.15, 0.2) is 15.9 Å². The van der Waals surface area contributed by atoms with Crippen LogP contribution in [0.4, 0.5) is 0 Å². The maximum Gasteiger partial charge on any atom is 0.332 e. The second-order valence-corrected chi connectivity index (χ2v) is 7.22. The van der Waals surface area contributed by atoms with Gasteiger partial charge in [0, 0.05) is 6.04 Å². The summed E-state index contributed by atoms with van der Waals surface area (Å²) >= 11 is 0. The van der Waals surface area contributed by atoms with Crippen LogP contribution in [0.2, 0.25) is 0 Å². The molecule has 19 heavy (non-hydrogen) atoms. The first-order chi connectivity index (χ1) is 8.87. The summed E-state index contributed by atoms with van der Waals surface area (Å²) in [6.45, 7) is 0. The Labute approximate surface area is 111 Å². The lowest BCUT2D eigenvalue weighted by Gasteiger charge is -2.24. The van der Waals surface area contributed by atoms with Crippen LogP contribution >= 0.6 is 0 Å². The van der Waals surface area contributed by atoms with Crippen molar-refractivity contribution < 1.29 is 27.9 Å². The molecule has 0 saturated carbocycles. The van der Waals surface area contributed by atoms with Gasteiger partial charge in [-0.25, -0.2) is 13.2 Å². The third-order valence-corrected chi connectivity index (χ3v) is 5.22. The van der Waals surface area contributed by atoms with Crippen molar-refractivity contribution >= 4 is 21.7 Å². The number of carbonyl (C=O) groups is 2. The zero-order chi connectivity index (χ0) is 14.0. The summed E-state index contributed by atoms with van der Waals surface area (Å²) < 4.78 is 28.0. The van der Waals surface area contributed by atoms with Crippen LogP contribution in [-0.2, 0) is 24.2 Å². The third-order valence-electron chi connectivity index (χ3n) is 3.40. The molecule has 0 spiro atoms. The highest BCUT2D eigenvalue weighted by molar-refractivity contribution is 7.91. The second kappa shape index (κ2) is 5.46. The van der Waals surface area contributed by atoms with Crippen molar-refractivity contribution in [1.29, 1.82) is 0 Å². The van der Waals surface area contributed by atoms with E-state index in [0.717, 1.165) is 0 Å². The standard InChI is InChI=1S/C11H17NO6S/c13-10(8-3-4-9(18-8)11(14)15)12-7-2-1-5-19(16,17)6-7/h7-9H,1-6H2,(H,12,13)(H,14,15). The van der Waals surface area contributed by atoms with Crippen molar-refractivity contribution in [3.8, 4) is 0 Å². The lowest BCUT2D eigenvalue weighted by atomic mass is 10.1. The van der Waals surface area contributed by atoms with Crippen molar-refractivity contribution in [2.45, 2.75) is 43.9 Å². The van der Waals surface area contributed by atoms with E-state index in [0.29, 0.717) is 25.7 Å². The molecule has 3 unspecified atom stereocenters. The summed E-state index contributed by atoms with van der Waals surface area (Å²) in [5, 5.41) is 11.4. The molecule has 2 heterocycles. The normalized spacial score (nSPS) is 33.8. The van der Waals surface area contributed by atoms with Gasteiger partial charge >= 0.3 is 5.97 Å². The molecule has 0 radical (unpaired) electrons. The Kier molecular flexibility index (Phi) is 4.10. The molecule has 2 saturated heterocycles. The Morgan fingerprint density at radius 2 is 1.84 bits per heavy atom. The average molecular weight is 291 g/mol. The Balaban J connectivity index is 1.86. The van der Waals surface area contributed by atoms with Crippen LogP contribution in [0.5, 0.6) is 0 Å². The number of hydrogen-bond donors (Lipinski definition) is 2. The number of carboxylic acids is 1. The fourth-order valence-electron chi connectivity index (χ4n) is 2.44. The van der Waals surface area contributed by atoms with Crippen LogP contribution in [0.3, 0.4) is 0 Å². The van der Waals surface area contributed by atoms with Crippen molar-refractivity contribution in [3.63, 3.8) is 0 Å². The first kappa shape index (κ1) is 14.3. The second-order valence-electron chi connectivity index (χ2n) is 4.99. The fourth-order valence-corrected chi connectivity index (χ4v) is 4.08. The molecule has 7 nitrogen and oxygen atoms in total. The predicted molar refractivity (Wildman–Crippen MR) is 65.3 cm³/mol. The van der Waals surface area contributed by atoms with Crippen LogP contribution in [0.25, 0.3) is 0 Å². The van der Waals surface area contributed by atoms with Gasteiger partial charge in [-0.3, -0.25) is 4.79 Å². The Hall–Kier alpha value is -1.15. The quantitative estimate of drug-likeness (QED) is 0.712. The van der Waals surface area contributed by atoms with E-state index in [-0.39, 0.29) is 11.5 Å². The summed E-state index contributed by atoms with van der Waals surface area (Å²) in [5.41, 5.74) is 0. The number of ether oxygens (including phenoxy) is 1. The van der Waals surface area contributed by atoms with Crippen molar-refractivity contribution in [1.82, 2.24) is 5.32 Å². The maximum absolute atomic E-state index is 11.9. The molecule has 0 aromatic carbocycles. The molecule has 0 bridgehead atoms. The molecular weight excluding hydrogens is 274 g/mol. The van der Waals surface area contributed by atoms with Crippen LogP contribution < -0.4 is 5.32 Å². The zero-order valence-electron chi connectivity index (χ0n) is 10.4. The molecule has 0 aromatic rings. The van der Waals surface area contributed by atoms with Gasteiger partial charge in [-0.05, 0) is 25.7 Å². The average Bonchev–Trinajstić information content (AvgIpc) is 2.76. The number of amides is 1. The Morgan fingerprint density at radius 3 is 2.42 bits per heavy atom. The van der Waals surface area contributed by atoms with E-state index in [9.17, 15) is 18.0 Å². The number of hydrogen-bond acceptors (Lipinski definition) is 5. The van der Waals surface area contributed by atoms with Gasteiger partial charge in [0.1, 0.15) is 6.10 Å². The lowest BCUT2D eigenvalue weighted by molar-refractivity contribution is -0.151. The number of aliphatic carboxylic acids is 1. The monoisotopic (exact) mass is 291 g/mol. The minimum atomic E-state index is -3.07. The van der Waals surface area contributed by atoms with Gasteiger partial charge in [0.05, 0.1) is 11.5 Å². The van der Waals surface area contributed by atoms with E-state index >= 15 is 0 Å². The van der Waals surface area contributed by atoms with Crippen LogP contribution in [-0.4, -0.2) is 55.2 Å². The van der Waals surface area contributed by atoms with Gasteiger partial charge in [0.25, 0.3) is 0 Å². The minimum absolute atomic E-state index is 0.0478. The maximum atomic E-state index is 11.9. The van der Waals surface area contributed by atoms with Gasteiger partial charge in [-0.2, -0.15) is 0 Å².